The van der Waals surface area contributed by atoms with Crippen molar-refractivity contribution in [1.82, 2.24) is 15.1 Å². The number of nitrogens with one attached hydrogen (secondary N) is 1. The Hall–Kier alpha value is -2.61. The van der Waals surface area contributed by atoms with Crippen LogP contribution >= 0.6 is 0 Å². The maximum Gasteiger partial charge on any atom is 0.415 e. The number of rotatable bonds is 9. The van der Waals surface area contributed by atoms with Crippen molar-refractivity contribution in [3.05, 3.63) is 29.8 Å². The van der Waals surface area contributed by atoms with Crippen LogP contribution in [0, 0.1) is 0 Å². The third-order valence-electron chi connectivity index (χ3n) is 5.02. The highest BCUT2D eigenvalue weighted by molar-refractivity contribution is 5.86. The number of nitrogens with zero attached hydrogens (tertiary/aromatic N) is 2. The molecule has 1 unspecified atom stereocenters. The molecule has 3 amide bonds. The smallest absolute Gasteiger partial charge is 0.410 e. The van der Waals surface area contributed by atoms with Crippen molar-refractivity contribution in [2.75, 3.05) is 33.2 Å². The van der Waals surface area contributed by atoms with Crippen molar-refractivity contribution in [3.63, 3.8) is 0 Å². The Balaban J connectivity index is 1.86. The van der Waals surface area contributed by atoms with Crippen LogP contribution < -0.4 is 15.8 Å². The maximum atomic E-state index is 12.2. The highest BCUT2D eigenvalue weighted by Crippen LogP contribution is 2.15. The average molecular weight is 405 g/mol. The topological polar surface area (TPSA) is 105 Å². The second-order valence-electron chi connectivity index (χ2n) is 7.49. The molecule has 0 aliphatic carbocycles. The third-order valence-corrected chi connectivity index (χ3v) is 5.02. The van der Waals surface area contributed by atoms with Crippen molar-refractivity contribution in [1.29, 1.82) is 0 Å². The van der Waals surface area contributed by atoms with Gasteiger partial charge in [0.1, 0.15) is 11.8 Å². The van der Waals surface area contributed by atoms with Crippen molar-refractivity contribution in [2.45, 2.75) is 45.1 Å². The zero-order valence-electron chi connectivity index (χ0n) is 17.4. The lowest BCUT2D eigenvalue weighted by atomic mass is 10.0. The van der Waals surface area contributed by atoms with E-state index in [-0.39, 0.29) is 12.0 Å². The van der Waals surface area contributed by atoms with Gasteiger partial charge in [0, 0.05) is 39.0 Å². The van der Waals surface area contributed by atoms with Gasteiger partial charge in [-0.1, -0.05) is 31.9 Å². The molecule has 160 valence electrons. The van der Waals surface area contributed by atoms with E-state index in [9.17, 15) is 14.4 Å². The quantitative estimate of drug-likeness (QED) is 0.607. The van der Waals surface area contributed by atoms with Gasteiger partial charge in [-0.2, -0.15) is 0 Å². The molecule has 1 heterocycles. The lowest BCUT2D eigenvalue weighted by Gasteiger charge is -2.31. The molecule has 0 bridgehead atoms. The molecule has 1 saturated heterocycles. The van der Waals surface area contributed by atoms with Crippen LogP contribution in [0.3, 0.4) is 0 Å². The standard InChI is InChI=1S/C21H32N4O4/c1-3-4-5-6-19(26)23-18(20(22)27)15-16-7-9-17(10-8-16)29-21(28)25-13-11-24(2)12-14-25/h7-10,18H,3-6,11-15H2,1-2H3,(H2,22,27)(H,23,26). The van der Waals surface area contributed by atoms with Crippen molar-refractivity contribution < 1.29 is 19.1 Å². The van der Waals surface area contributed by atoms with Gasteiger partial charge in [0.15, 0.2) is 0 Å². The van der Waals surface area contributed by atoms with E-state index in [0.29, 0.717) is 31.7 Å². The zero-order chi connectivity index (χ0) is 21.2. The summed E-state index contributed by atoms with van der Waals surface area (Å²) < 4.78 is 5.42. The first-order chi connectivity index (χ1) is 13.9. The Labute approximate surface area is 172 Å². The minimum Gasteiger partial charge on any atom is -0.410 e. The number of hydrogen-bond acceptors (Lipinski definition) is 5. The summed E-state index contributed by atoms with van der Waals surface area (Å²) in [5, 5.41) is 2.71. The molecule has 0 aromatic heterocycles. The van der Waals surface area contributed by atoms with Crippen molar-refractivity contribution >= 4 is 17.9 Å². The lowest BCUT2D eigenvalue weighted by molar-refractivity contribution is -0.127. The fraction of sp³-hybridized carbons (Fsp3) is 0.571. The second kappa shape index (κ2) is 11.4. The monoisotopic (exact) mass is 404 g/mol. The van der Waals surface area contributed by atoms with Crippen LogP contribution in [0.5, 0.6) is 5.75 Å². The fourth-order valence-electron chi connectivity index (χ4n) is 3.11. The molecule has 0 saturated carbocycles. The second-order valence-corrected chi connectivity index (χ2v) is 7.49. The average Bonchev–Trinajstić information content (AvgIpc) is 2.69. The Morgan fingerprint density at radius 1 is 1.10 bits per heavy atom. The minimum absolute atomic E-state index is 0.167. The predicted molar refractivity (Wildman–Crippen MR) is 111 cm³/mol. The summed E-state index contributed by atoms with van der Waals surface area (Å²) in [5.74, 6) is -0.295. The van der Waals surface area contributed by atoms with E-state index < -0.39 is 11.9 Å². The Kier molecular flexibility index (Phi) is 8.92. The summed E-state index contributed by atoms with van der Waals surface area (Å²) in [7, 11) is 2.02. The van der Waals surface area contributed by atoms with Gasteiger partial charge in [0.05, 0.1) is 0 Å². The number of ether oxygens (including phenoxy) is 1. The van der Waals surface area contributed by atoms with Gasteiger partial charge in [-0.05, 0) is 31.2 Å². The predicted octanol–water partition coefficient (Wildman–Crippen LogP) is 1.53. The number of amides is 3. The van der Waals surface area contributed by atoms with Gasteiger partial charge in [0.2, 0.25) is 11.8 Å². The molecule has 0 spiro atoms. The van der Waals surface area contributed by atoms with E-state index in [1.54, 1.807) is 29.2 Å². The Bertz CT molecular complexity index is 684. The largest absolute Gasteiger partial charge is 0.415 e. The number of carbonyl (C=O) groups is 3. The first-order valence-electron chi connectivity index (χ1n) is 10.2. The molecule has 1 aromatic carbocycles. The first-order valence-corrected chi connectivity index (χ1v) is 10.2. The molecular formula is C21H32N4O4. The molecule has 1 aliphatic heterocycles. The van der Waals surface area contributed by atoms with Crippen LogP contribution in [0.4, 0.5) is 4.79 Å². The normalized spacial score (nSPS) is 15.6. The highest BCUT2D eigenvalue weighted by Gasteiger charge is 2.21. The number of unbranched alkanes of at least 4 members (excludes halogenated alkanes) is 2. The third kappa shape index (κ3) is 7.73. The number of carbonyl (C=O) groups excluding carboxylic acids is 3. The maximum absolute atomic E-state index is 12.2. The molecule has 2 rings (SSSR count). The van der Waals surface area contributed by atoms with Crippen LogP contribution in [0.2, 0.25) is 0 Å². The Morgan fingerprint density at radius 2 is 1.76 bits per heavy atom. The van der Waals surface area contributed by atoms with Gasteiger partial charge < -0.3 is 25.6 Å². The van der Waals surface area contributed by atoms with E-state index in [1.807, 2.05) is 7.05 Å². The molecule has 1 aliphatic rings. The lowest BCUT2D eigenvalue weighted by Crippen LogP contribution is -2.48. The van der Waals surface area contributed by atoms with Gasteiger partial charge in [-0.15, -0.1) is 0 Å². The summed E-state index contributed by atoms with van der Waals surface area (Å²) in [6, 6.07) is 6.15. The minimum atomic E-state index is -0.761. The van der Waals surface area contributed by atoms with Gasteiger partial charge >= 0.3 is 6.09 Å². The number of nitrogens with two attached hydrogens (primary N) is 1. The van der Waals surface area contributed by atoms with Crippen LogP contribution in [-0.2, 0) is 16.0 Å². The van der Waals surface area contributed by atoms with Crippen LogP contribution in [-0.4, -0.2) is 67.0 Å². The molecule has 0 radical (unpaired) electrons. The van der Waals surface area contributed by atoms with Crippen LogP contribution in [0.1, 0.15) is 38.2 Å². The summed E-state index contributed by atoms with van der Waals surface area (Å²) in [4.78, 5) is 39.8. The molecule has 8 nitrogen and oxygen atoms in total. The number of benzene rings is 1. The number of likely N-dealkylation sites (N-methyl/N-ethyl adjacent to an activating group) is 1. The fourth-order valence-corrected chi connectivity index (χ4v) is 3.11. The van der Waals surface area contributed by atoms with E-state index in [4.69, 9.17) is 10.5 Å². The molecular weight excluding hydrogens is 372 g/mol. The van der Waals surface area contributed by atoms with Gasteiger partial charge in [0.25, 0.3) is 0 Å². The summed E-state index contributed by atoms with van der Waals surface area (Å²) in [6.45, 7) is 5.01. The van der Waals surface area contributed by atoms with Crippen LogP contribution in [0.15, 0.2) is 24.3 Å². The number of piperazine rings is 1. The summed E-state index contributed by atoms with van der Waals surface area (Å²) >= 11 is 0. The SMILES string of the molecule is CCCCCC(=O)NC(Cc1ccc(OC(=O)N2CCN(C)CC2)cc1)C(N)=O. The molecule has 3 N–H and O–H groups in total. The van der Waals surface area contributed by atoms with E-state index in [1.165, 1.54) is 0 Å². The highest BCUT2D eigenvalue weighted by atomic mass is 16.6. The number of primary amides is 1. The molecule has 1 atom stereocenters. The van der Waals surface area contributed by atoms with E-state index in [2.05, 4.69) is 17.1 Å². The first kappa shape index (κ1) is 22.7. The van der Waals surface area contributed by atoms with Gasteiger partial charge in [-0.25, -0.2) is 4.79 Å². The summed E-state index contributed by atoms with van der Waals surface area (Å²) in [6.07, 6.45) is 3.11. The van der Waals surface area contributed by atoms with Crippen LogP contribution in [0.25, 0.3) is 0 Å². The van der Waals surface area contributed by atoms with Gasteiger partial charge in [-0.3, -0.25) is 9.59 Å². The van der Waals surface area contributed by atoms with Crippen molar-refractivity contribution in [3.8, 4) is 5.75 Å². The molecule has 29 heavy (non-hydrogen) atoms. The molecule has 1 aromatic rings. The summed E-state index contributed by atoms with van der Waals surface area (Å²) in [5.41, 5.74) is 6.27. The molecule has 1 fully saturated rings. The Morgan fingerprint density at radius 3 is 2.34 bits per heavy atom. The zero-order valence-corrected chi connectivity index (χ0v) is 17.4. The van der Waals surface area contributed by atoms with Crippen molar-refractivity contribution in [2.24, 2.45) is 5.73 Å². The van der Waals surface area contributed by atoms with E-state index in [0.717, 1.165) is 37.9 Å². The van der Waals surface area contributed by atoms with E-state index >= 15 is 0 Å². The molecule has 8 heteroatoms. The number of hydrogen-bond donors (Lipinski definition) is 2.